The van der Waals surface area contributed by atoms with Crippen molar-refractivity contribution in [1.82, 2.24) is 0 Å². The molecule has 45 heavy (non-hydrogen) atoms. The van der Waals surface area contributed by atoms with Gasteiger partial charge in [0.05, 0.1) is 29.3 Å². The zero-order valence-electron chi connectivity index (χ0n) is 26.7. The fourth-order valence-electron chi connectivity index (χ4n) is 8.08. The van der Waals surface area contributed by atoms with Crippen LogP contribution in [0.5, 0.6) is 0 Å². The third-order valence-corrected chi connectivity index (χ3v) is 10.3. The highest BCUT2D eigenvalue weighted by Gasteiger charge is 2.73. The molecule has 0 heterocycles. The van der Waals surface area contributed by atoms with Gasteiger partial charge in [-0.25, -0.2) is 4.79 Å². The summed E-state index contributed by atoms with van der Waals surface area (Å²) in [7, 11) is 0. The molecule has 248 valence electrons. The molecule has 3 aliphatic rings. The Morgan fingerprint density at radius 1 is 0.933 bits per heavy atom. The summed E-state index contributed by atoms with van der Waals surface area (Å²) in [5.41, 5.74) is -6.05. The minimum atomic E-state index is -2.25. The maximum Gasteiger partial charge on any atom is 0.338 e. The molecule has 0 amide bonds. The van der Waals surface area contributed by atoms with Gasteiger partial charge in [0.1, 0.15) is 17.8 Å². The van der Waals surface area contributed by atoms with E-state index < -0.39 is 89.0 Å². The highest BCUT2D eigenvalue weighted by Crippen LogP contribution is 2.66. The molecule has 2 fully saturated rings. The van der Waals surface area contributed by atoms with Crippen LogP contribution in [0, 0.1) is 16.7 Å². The molecule has 4 N–H and O–H groups in total. The first-order valence-corrected chi connectivity index (χ1v) is 15.1. The van der Waals surface area contributed by atoms with Crippen LogP contribution in [0.4, 0.5) is 0 Å². The quantitative estimate of drug-likeness (QED) is 0.195. The number of carbonyl (C=O) groups excluding carboxylic acids is 4. The normalized spacial score (nSPS) is 36.2. The van der Waals surface area contributed by atoms with Crippen molar-refractivity contribution in [3.63, 3.8) is 0 Å². The van der Waals surface area contributed by atoms with E-state index in [2.05, 4.69) is 0 Å². The maximum atomic E-state index is 13.8. The van der Waals surface area contributed by atoms with Gasteiger partial charge in [0.2, 0.25) is 0 Å². The zero-order chi connectivity index (χ0) is 33.7. The van der Waals surface area contributed by atoms with Crippen molar-refractivity contribution in [2.45, 2.75) is 109 Å². The van der Waals surface area contributed by atoms with E-state index in [1.807, 2.05) is 0 Å². The van der Waals surface area contributed by atoms with Gasteiger partial charge in [-0.3, -0.25) is 14.4 Å². The Hall–Kier alpha value is -3.32. The minimum Gasteiger partial charge on any atom is -0.462 e. The van der Waals surface area contributed by atoms with Gasteiger partial charge in [-0.2, -0.15) is 0 Å². The van der Waals surface area contributed by atoms with Crippen molar-refractivity contribution in [1.29, 1.82) is 0 Å². The van der Waals surface area contributed by atoms with E-state index in [0.717, 1.165) is 6.92 Å². The van der Waals surface area contributed by atoms with Crippen LogP contribution in [0.2, 0.25) is 0 Å². The van der Waals surface area contributed by atoms with Crippen molar-refractivity contribution < 1.29 is 58.6 Å². The molecule has 0 spiro atoms. The second-order valence-corrected chi connectivity index (χ2v) is 13.4. The van der Waals surface area contributed by atoms with Crippen molar-refractivity contribution >= 4 is 23.9 Å². The molecule has 4 rings (SSSR count). The number of hydrogen-bond acceptors (Lipinski definition) is 12. The van der Waals surface area contributed by atoms with Crippen molar-refractivity contribution in [3.05, 3.63) is 47.0 Å². The van der Waals surface area contributed by atoms with Crippen LogP contribution in [-0.2, 0) is 33.3 Å². The molecule has 0 unspecified atom stereocenters. The fraction of sp³-hybridized carbons (Fsp3) is 0.636. The van der Waals surface area contributed by atoms with Crippen LogP contribution in [0.25, 0.3) is 0 Å². The summed E-state index contributed by atoms with van der Waals surface area (Å²) in [6.45, 7) is 8.93. The SMILES string of the molecule is CC(=O)O[C@H]1C[C@@]2(C(C)(C)O)C[C@@H]3[C@](O)(CO)[C@@H](O)C[C@H](OC(C)=O)[C@@]3(C)[C@@H](OC(C)=O)[C@H](OC(=O)c3ccccc3)C2=C1C. The summed E-state index contributed by atoms with van der Waals surface area (Å²) in [6, 6.07) is 8.07. The molecule has 2 saturated carbocycles. The Kier molecular flexibility index (Phi) is 9.31. The minimum absolute atomic E-state index is 0.0220. The van der Waals surface area contributed by atoms with Crippen LogP contribution < -0.4 is 0 Å². The van der Waals surface area contributed by atoms with Gasteiger partial charge in [0.15, 0.2) is 12.2 Å². The second-order valence-electron chi connectivity index (χ2n) is 13.4. The standard InChI is InChI=1S/C33H44O12/c1-17-22(42-18(2)35)14-32(30(5,6)40)15-23-31(7,25(43-19(3)36)13-24(38)33(23,41)16-34)28(44-20(4)37)27(26(17)32)45-29(39)21-11-9-8-10-12-21/h8-12,22-25,27-28,34,38,40-41H,13-16H2,1-7H3/t22-,23-,24-,25-,27+,28-,31-,32+,33+/m0/s1. The fourth-order valence-corrected chi connectivity index (χ4v) is 8.08. The van der Waals surface area contributed by atoms with Gasteiger partial charge < -0.3 is 39.4 Å². The molecule has 12 heteroatoms. The van der Waals surface area contributed by atoms with E-state index in [-0.39, 0.29) is 24.8 Å². The molecular formula is C33H44O12. The number of benzene rings is 1. The lowest BCUT2D eigenvalue weighted by atomic mass is 9.52. The van der Waals surface area contributed by atoms with E-state index in [1.54, 1.807) is 32.0 Å². The Bertz CT molecular complexity index is 1370. The van der Waals surface area contributed by atoms with E-state index in [1.165, 1.54) is 39.8 Å². The number of hydrogen-bond donors (Lipinski definition) is 4. The molecular weight excluding hydrogens is 588 g/mol. The number of esters is 4. The van der Waals surface area contributed by atoms with Gasteiger partial charge in [-0.05, 0) is 50.5 Å². The summed E-state index contributed by atoms with van der Waals surface area (Å²) in [5, 5.41) is 46.1. The number of aliphatic hydroxyl groups excluding tert-OH is 2. The van der Waals surface area contributed by atoms with Crippen LogP contribution in [0.15, 0.2) is 41.5 Å². The highest BCUT2D eigenvalue weighted by molar-refractivity contribution is 5.89. The summed E-state index contributed by atoms with van der Waals surface area (Å²) in [4.78, 5) is 51.3. The summed E-state index contributed by atoms with van der Waals surface area (Å²) < 4.78 is 23.7. The summed E-state index contributed by atoms with van der Waals surface area (Å²) in [5.74, 6) is -4.13. The Morgan fingerprint density at radius 3 is 2.02 bits per heavy atom. The van der Waals surface area contributed by atoms with Crippen molar-refractivity contribution in [2.24, 2.45) is 16.7 Å². The summed E-state index contributed by atoms with van der Waals surface area (Å²) in [6.07, 6.45) is -7.19. The lowest BCUT2D eigenvalue weighted by Gasteiger charge is -2.58. The third-order valence-electron chi connectivity index (χ3n) is 10.3. The van der Waals surface area contributed by atoms with E-state index in [0.29, 0.717) is 11.1 Å². The topological polar surface area (TPSA) is 186 Å². The van der Waals surface area contributed by atoms with Crippen molar-refractivity contribution in [3.8, 4) is 0 Å². The number of aliphatic hydroxyl groups is 4. The first-order valence-electron chi connectivity index (χ1n) is 15.1. The second kappa shape index (κ2) is 12.1. The molecule has 1 aromatic rings. The number of carbonyl (C=O) groups is 4. The monoisotopic (exact) mass is 632 g/mol. The van der Waals surface area contributed by atoms with E-state index in [4.69, 9.17) is 18.9 Å². The Labute approximate surface area is 262 Å². The van der Waals surface area contributed by atoms with E-state index in [9.17, 15) is 39.6 Å². The summed E-state index contributed by atoms with van der Waals surface area (Å²) >= 11 is 0. The van der Waals surface area contributed by atoms with Crippen molar-refractivity contribution in [2.75, 3.05) is 6.61 Å². The number of rotatable bonds is 7. The highest BCUT2D eigenvalue weighted by atomic mass is 16.6. The smallest absolute Gasteiger partial charge is 0.338 e. The predicted molar refractivity (Wildman–Crippen MR) is 157 cm³/mol. The molecule has 3 aliphatic carbocycles. The molecule has 0 aromatic heterocycles. The van der Waals surface area contributed by atoms with Gasteiger partial charge in [-0.1, -0.05) is 25.1 Å². The Morgan fingerprint density at radius 2 is 1.51 bits per heavy atom. The average Bonchev–Trinajstić information content (AvgIpc) is 3.17. The van der Waals surface area contributed by atoms with Gasteiger partial charge in [0, 0.05) is 44.9 Å². The number of ether oxygens (including phenoxy) is 4. The average molecular weight is 633 g/mol. The van der Waals surface area contributed by atoms with Gasteiger partial charge in [-0.15, -0.1) is 0 Å². The first-order chi connectivity index (χ1) is 20.8. The maximum absolute atomic E-state index is 13.8. The largest absolute Gasteiger partial charge is 0.462 e. The lowest BCUT2D eigenvalue weighted by Crippen LogP contribution is -2.70. The predicted octanol–water partition coefficient (Wildman–Crippen LogP) is 2.00. The van der Waals surface area contributed by atoms with Gasteiger partial charge in [0.25, 0.3) is 0 Å². The molecule has 0 aliphatic heterocycles. The molecule has 12 nitrogen and oxygen atoms in total. The van der Waals surface area contributed by atoms with Crippen LogP contribution in [0.3, 0.4) is 0 Å². The van der Waals surface area contributed by atoms with Crippen LogP contribution >= 0.6 is 0 Å². The molecule has 0 saturated heterocycles. The third kappa shape index (κ3) is 5.77. The molecule has 9 atom stereocenters. The number of fused-ring (bicyclic) bond motifs is 2. The first kappa shape index (κ1) is 34.6. The van der Waals surface area contributed by atoms with Gasteiger partial charge >= 0.3 is 23.9 Å². The zero-order valence-corrected chi connectivity index (χ0v) is 26.7. The molecule has 1 aromatic carbocycles. The van der Waals surface area contributed by atoms with E-state index >= 15 is 0 Å². The Balaban J connectivity index is 2.12. The molecule has 0 bridgehead atoms. The van der Waals surface area contributed by atoms with Crippen LogP contribution in [0.1, 0.15) is 78.1 Å². The molecule has 0 radical (unpaired) electrons. The van der Waals surface area contributed by atoms with Crippen LogP contribution in [-0.4, -0.2) is 92.6 Å². The lowest BCUT2D eigenvalue weighted by molar-refractivity contribution is -0.267.